The number of hydrogen-bond donors (Lipinski definition) is 1. The molecule has 8 nitrogen and oxygen atoms in total. The number of ether oxygens (including phenoxy) is 2. The minimum atomic E-state index is -0.957. The summed E-state index contributed by atoms with van der Waals surface area (Å²) in [4.78, 5) is 19.0. The van der Waals surface area contributed by atoms with Gasteiger partial charge in [-0.1, -0.05) is 42.7 Å². The van der Waals surface area contributed by atoms with E-state index in [1.807, 2.05) is 0 Å². The number of aromatic nitrogens is 2. The number of piperidine rings is 1. The highest BCUT2D eigenvalue weighted by Crippen LogP contribution is 2.48. The summed E-state index contributed by atoms with van der Waals surface area (Å²) in [5.74, 6) is 2.31. The molecule has 0 spiro atoms. The van der Waals surface area contributed by atoms with Crippen LogP contribution in [0, 0.1) is 5.92 Å². The van der Waals surface area contributed by atoms with Crippen LogP contribution >= 0.6 is 11.3 Å². The monoisotopic (exact) mass is 551 g/mol. The molecule has 4 fully saturated rings. The van der Waals surface area contributed by atoms with Crippen molar-refractivity contribution in [2.45, 2.75) is 108 Å². The van der Waals surface area contributed by atoms with E-state index < -0.39 is 5.97 Å². The fraction of sp³-hybridized carbons (Fsp3) is 0.633. The lowest BCUT2D eigenvalue weighted by Gasteiger charge is -2.38. The van der Waals surface area contributed by atoms with E-state index in [-0.39, 0.29) is 11.7 Å². The number of anilines is 1. The van der Waals surface area contributed by atoms with Gasteiger partial charge in [-0.3, -0.25) is 0 Å². The number of benzene rings is 1. The van der Waals surface area contributed by atoms with Crippen LogP contribution in [0.5, 0.6) is 5.75 Å². The molecule has 5 atom stereocenters. The number of carboxylic acid groups (broad SMARTS) is 1. The number of methoxy groups -OCH3 is 1. The topological polar surface area (TPSA) is 97.9 Å². The van der Waals surface area contributed by atoms with Gasteiger partial charge in [0.05, 0.1) is 35.8 Å². The standard InChI is InChI=1S/C30H37N3O5S/c1-16-5-3-4-6-22(16)26-23(28(38-32-26)17-7-8-17)15-37-21-13-19-9-10-20(14-21)33(19)30-31-27-24(36-2)11-18(29(34)35)12-25(27)39-30/h11-12,16-17,19-22H,3-10,13-15H2,1-2H3,(H,34,35)/t16?,19-,20?,21-,22?/m0/s1. The van der Waals surface area contributed by atoms with E-state index in [9.17, 15) is 9.90 Å². The van der Waals surface area contributed by atoms with E-state index >= 15 is 0 Å². The van der Waals surface area contributed by atoms with Crippen molar-refractivity contribution < 1.29 is 23.9 Å². The average Bonchev–Trinajstić information content (AvgIpc) is 3.45. The van der Waals surface area contributed by atoms with Crippen LogP contribution in [0.3, 0.4) is 0 Å². The van der Waals surface area contributed by atoms with Gasteiger partial charge >= 0.3 is 5.97 Å². The number of thiazole rings is 1. The highest BCUT2D eigenvalue weighted by Gasteiger charge is 2.43. The van der Waals surface area contributed by atoms with Crippen molar-refractivity contribution in [3.63, 3.8) is 0 Å². The van der Waals surface area contributed by atoms with Gasteiger partial charge in [0.15, 0.2) is 5.13 Å². The third-order valence-corrected chi connectivity index (χ3v) is 10.6. The first-order chi connectivity index (χ1) is 19.0. The molecule has 4 aliphatic rings. The molecule has 0 radical (unpaired) electrons. The molecule has 1 N–H and O–H groups in total. The lowest BCUT2D eigenvalue weighted by Crippen LogP contribution is -2.45. The number of carboxylic acids is 1. The molecule has 2 saturated heterocycles. The smallest absolute Gasteiger partial charge is 0.335 e. The fourth-order valence-electron chi connectivity index (χ4n) is 7.31. The predicted octanol–water partition coefficient (Wildman–Crippen LogP) is 6.88. The highest BCUT2D eigenvalue weighted by atomic mass is 32.1. The van der Waals surface area contributed by atoms with Gasteiger partial charge in [-0.2, -0.15) is 0 Å². The molecule has 208 valence electrons. The molecule has 2 aliphatic heterocycles. The number of hydrogen-bond acceptors (Lipinski definition) is 8. The molecule has 9 heteroatoms. The van der Waals surface area contributed by atoms with Gasteiger partial charge in [-0.25, -0.2) is 9.78 Å². The van der Waals surface area contributed by atoms with E-state index in [1.54, 1.807) is 30.6 Å². The Morgan fingerprint density at radius 3 is 2.59 bits per heavy atom. The number of fused-ring (bicyclic) bond motifs is 3. The Bertz CT molecular complexity index is 1370. The lowest BCUT2D eigenvalue weighted by molar-refractivity contribution is 0.0140. The van der Waals surface area contributed by atoms with E-state index in [4.69, 9.17) is 19.0 Å². The van der Waals surface area contributed by atoms with Crippen molar-refractivity contribution in [1.82, 2.24) is 10.1 Å². The molecule has 3 aromatic rings. The second-order valence-electron chi connectivity index (χ2n) is 12.1. The Balaban J connectivity index is 1.08. The van der Waals surface area contributed by atoms with Crippen LogP contribution in [0.2, 0.25) is 0 Å². The van der Waals surface area contributed by atoms with Gasteiger partial charge in [0.25, 0.3) is 0 Å². The summed E-state index contributed by atoms with van der Waals surface area (Å²) in [7, 11) is 1.57. The summed E-state index contributed by atoms with van der Waals surface area (Å²) in [6.07, 6.45) is 11.9. The summed E-state index contributed by atoms with van der Waals surface area (Å²) in [6.45, 7) is 2.97. The molecule has 39 heavy (non-hydrogen) atoms. The number of carbonyl (C=O) groups is 1. The van der Waals surface area contributed by atoms with E-state index in [0.29, 0.717) is 42.2 Å². The van der Waals surface area contributed by atoms with Gasteiger partial charge < -0.3 is 24.0 Å². The minimum absolute atomic E-state index is 0.208. The molecule has 2 aromatic heterocycles. The Morgan fingerprint density at radius 2 is 1.90 bits per heavy atom. The second kappa shape index (κ2) is 10.1. The third kappa shape index (κ3) is 4.61. The number of aromatic carboxylic acids is 1. The van der Waals surface area contributed by atoms with Gasteiger partial charge in [0, 0.05) is 29.5 Å². The quantitative estimate of drug-likeness (QED) is 0.324. The zero-order chi connectivity index (χ0) is 26.7. The zero-order valence-corrected chi connectivity index (χ0v) is 23.5. The van der Waals surface area contributed by atoms with Crippen molar-refractivity contribution in [2.24, 2.45) is 5.92 Å². The van der Waals surface area contributed by atoms with Gasteiger partial charge in [0.1, 0.15) is 17.0 Å². The Hall–Kier alpha value is -2.65. The molecule has 7 rings (SSSR count). The summed E-state index contributed by atoms with van der Waals surface area (Å²) in [5.41, 5.74) is 3.39. The molecular formula is C30H37N3O5S. The van der Waals surface area contributed by atoms with Crippen LogP contribution in [0.1, 0.15) is 110 Å². The first kappa shape index (κ1) is 25.3. The van der Waals surface area contributed by atoms with E-state index in [2.05, 4.69) is 17.0 Å². The first-order valence-electron chi connectivity index (χ1n) is 14.6. The molecule has 4 heterocycles. The summed E-state index contributed by atoms with van der Waals surface area (Å²) in [5, 5.41) is 15.1. The average molecular weight is 552 g/mol. The van der Waals surface area contributed by atoms with Crippen molar-refractivity contribution in [3.8, 4) is 5.75 Å². The molecule has 1 aromatic carbocycles. The molecule has 3 unspecified atom stereocenters. The normalized spacial score (nSPS) is 28.8. The SMILES string of the molecule is COc1cc(C(=O)O)cc2sc(N3C4CC[C@H]3C[C@H](OCc3c(C5CCCCC5C)noc3C3CC3)C4)nc12. The van der Waals surface area contributed by atoms with Crippen molar-refractivity contribution in [2.75, 3.05) is 12.0 Å². The maximum absolute atomic E-state index is 11.6. The van der Waals surface area contributed by atoms with Crippen LogP contribution in [0.15, 0.2) is 16.7 Å². The van der Waals surface area contributed by atoms with Crippen LogP contribution in [-0.4, -0.2) is 46.5 Å². The largest absolute Gasteiger partial charge is 0.494 e. The lowest BCUT2D eigenvalue weighted by atomic mass is 9.77. The Kier molecular flexibility index (Phi) is 6.54. The Labute approximate surface area is 232 Å². The van der Waals surface area contributed by atoms with Crippen LogP contribution in [0.25, 0.3) is 10.2 Å². The summed E-state index contributed by atoms with van der Waals surface area (Å²) < 4.78 is 19.0. The molecule has 2 aliphatic carbocycles. The van der Waals surface area contributed by atoms with Crippen molar-refractivity contribution >= 4 is 32.7 Å². The molecule has 2 bridgehead atoms. The fourth-order valence-corrected chi connectivity index (χ4v) is 8.48. The third-order valence-electron chi connectivity index (χ3n) is 9.55. The molecule has 2 saturated carbocycles. The van der Waals surface area contributed by atoms with Crippen LogP contribution in [0.4, 0.5) is 5.13 Å². The predicted molar refractivity (Wildman–Crippen MR) is 149 cm³/mol. The molecular weight excluding hydrogens is 514 g/mol. The van der Waals surface area contributed by atoms with Crippen molar-refractivity contribution in [1.29, 1.82) is 0 Å². The number of rotatable bonds is 8. The molecule has 0 amide bonds. The maximum Gasteiger partial charge on any atom is 0.335 e. The Morgan fingerprint density at radius 1 is 1.13 bits per heavy atom. The van der Waals surface area contributed by atoms with Gasteiger partial charge in [-0.05, 0) is 63.0 Å². The maximum atomic E-state index is 11.6. The van der Waals surface area contributed by atoms with E-state index in [0.717, 1.165) is 46.8 Å². The second-order valence-corrected chi connectivity index (χ2v) is 13.1. The van der Waals surface area contributed by atoms with Crippen molar-refractivity contribution in [3.05, 3.63) is 34.7 Å². The van der Waals surface area contributed by atoms with Crippen LogP contribution < -0.4 is 9.64 Å². The van der Waals surface area contributed by atoms with Gasteiger partial charge in [0.2, 0.25) is 0 Å². The summed E-state index contributed by atoms with van der Waals surface area (Å²) in [6, 6.07) is 4.02. The van der Waals surface area contributed by atoms with Crippen LogP contribution in [-0.2, 0) is 11.3 Å². The highest BCUT2D eigenvalue weighted by molar-refractivity contribution is 7.22. The first-order valence-corrected chi connectivity index (χ1v) is 15.4. The van der Waals surface area contributed by atoms with E-state index in [1.165, 1.54) is 49.8 Å². The summed E-state index contributed by atoms with van der Waals surface area (Å²) >= 11 is 1.57. The minimum Gasteiger partial charge on any atom is -0.494 e. The zero-order valence-electron chi connectivity index (χ0n) is 22.7. The number of nitrogens with zero attached hydrogens (tertiary/aromatic N) is 3. The van der Waals surface area contributed by atoms with Gasteiger partial charge in [-0.15, -0.1) is 0 Å².